The molecule has 0 spiro atoms. The Kier molecular flexibility index (Phi) is 4.62. The molecule has 110 valence electrons. The number of rotatable bonds is 5. The third-order valence-corrected chi connectivity index (χ3v) is 4.75. The molecule has 2 saturated carbocycles. The molecule has 0 aromatic heterocycles. The Morgan fingerprint density at radius 2 is 1.60 bits per heavy atom. The number of ether oxygens (including phenoxy) is 1. The lowest BCUT2D eigenvalue weighted by Crippen LogP contribution is -2.25. The monoisotopic (exact) mass is 273 g/mol. The van der Waals surface area contributed by atoms with Crippen LogP contribution in [0.1, 0.15) is 63.0 Å². The molecular weight excluding hydrogens is 246 g/mol. The molecule has 1 aromatic carbocycles. The van der Waals surface area contributed by atoms with Crippen LogP contribution in [0, 0.1) is 5.92 Å². The third kappa shape index (κ3) is 3.54. The average Bonchev–Trinajstić information content (AvgIpc) is 3.29. The second-order valence-electron chi connectivity index (χ2n) is 6.40. The van der Waals surface area contributed by atoms with Crippen molar-refractivity contribution >= 4 is 0 Å². The van der Waals surface area contributed by atoms with Gasteiger partial charge in [0.1, 0.15) is 5.75 Å². The van der Waals surface area contributed by atoms with Crippen LogP contribution < -0.4 is 10.1 Å². The van der Waals surface area contributed by atoms with Crippen LogP contribution in [0.3, 0.4) is 0 Å². The van der Waals surface area contributed by atoms with Gasteiger partial charge in [0.25, 0.3) is 0 Å². The minimum absolute atomic E-state index is 0.489. The van der Waals surface area contributed by atoms with E-state index in [0.717, 1.165) is 11.7 Å². The molecule has 2 aliphatic carbocycles. The molecule has 3 rings (SSSR count). The maximum Gasteiger partial charge on any atom is 0.119 e. The summed E-state index contributed by atoms with van der Waals surface area (Å²) in [5, 5.41) is 3.55. The highest BCUT2D eigenvalue weighted by Crippen LogP contribution is 2.34. The Morgan fingerprint density at radius 1 is 0.950 bits per heavy atom. The van der Waals surface area contributed by atoms with Crippen molar-refractivity contribution in [3.05, 3.63) is 29.8 Å². The molecule has 0 radical (unpaired) electrons. The van der Waals surface area contributed by atoms with Gasteiger partial charge in [-0.1, -0.05) is 37.8 Å². The SMILES string of the molecule is CNC(c1ccc(OC2CC2)cc1)C1CCCCCC1. The van der Waals surface area contributed by atoms with E-state index in [1.165, 1.54) is 56.9 Å². The van der Waals surface area contributed by atoms with Crippen molar-refractivity contribution in [1.29, 1.82) is 0 Å². The van der Waals surface area contributed by atoms with Gasteiger partial charge in [-0.3, -0.25) is 0 Å². The normalized spacial score (nSPS) is 22.2. The highest BCUT2D eigenvalue weighted by atomic mass is 16.5. The number of benzene rings is 1. The van der Waals surface area contributed by atoms with Crippen molar-refractivity contribution in [2.75, 3.05) is 7.05 Å². The molecule has 0 saturated heterocycles. The van der Waals surface area contributed by atoms with Crippen molar-refractivity contribution < 1.29 is 4.74 Å². The van der Waals surface area contributed by atoms with Crippen LogP contribution in [0.4, 0.5) is 0 Å². The van der Waals surface area contributed by atoms with E-state index < -0.39 is 0 Å². The summed E-state index contributed by atoms with van der Waals surface area (Å²) in [4.78, 5) is 0. The van der Waals surface area contributed by atoms with Crippen molar-refractivity contribution in [2.45, 2.75) is 63.5 Å². The summed E-state index contributed by atoms with van der Waals surface area (Å²) in [6.45, 7) is 0. The molecule has 2 aliphatic rings. The molecule has 2 nitrogen and oxygen atoms in total. The maximum atomic E-state index is 5.84. The van der Waals surface area contributed by atoms with E-state index in [2.05, 4.69) is 36.6 Å². The van der Waals surface area contributed by atoms with Crippen LogP contribution >= 0.6 is 0 Å². The Morgan fingerprint density at radius 3 is 2.15 bits per heavy atom. The first-order chi connectivity index (χ1) is 9.86. The first-order valence-corrected chi connectivity index (χ1v) is 8.30. The van der Waals surface area contributed by atoms with Gasteiger partial charge in [-0.25, -0.2) is 0 Å². The fraction of sp³-hybridized carbons (Fsp3) is 0.667. The van der Waals surface area contributed by atoms with Crippen LogP contribution in [-0.4, -0.2) is 13.2 Å². The summed E-state index contributed by atoms with van der Waals surface area (Å²) in [7, 11) is 2.10. The Bertz CT molecular complexity index is 402. The molecule has 0 aliphatic heterocycles. The smallest absolute Gasteiger partial charge is 0.119 e. The van der Waals surface area contributed by atoms with Crippen LogP contribution in [0.25, 0.3) is 0 Å². The maximum absolute atomic E-state index is 5.84. The summed E-state index contributed by atoms with van der Waals surface area (Å²) < 4.78 is 5.84. The standard InChI is InChI=1S/C18H27NO/c1-19-18(14-6-4-2-3-5-7-14)15-8-10-16(11-9-15)20-17-12-13-17/h8-11,14,17-19H,2-7,12-13H2,1H3. The minimum Gasteiger partial charge on any atom is -0.490 e. The molecule has 20 heavy (non-hydrogen) atoms. The van der Waals surface area contributed by atoms with Gasteiger partial charge >= 0.3 is 0 Å². The molecule has 0 amide bonds. The predicted octanol–water partition coefficient (Wildman–Crippen LogP) is 4.46. The number of nitrogens with one attached hydrogen (secondary N) is 1. The largest absolute Gasteiger partial charge is 0.490 e. The summed E-state index contributed by atoms with van der Waals surface area (Å²) in [6.07, 6.45) is 11.3. The lowest BCUT2D eigenvalue weighted by molar-refractivity contribution is 0.302. The first kappa shape index (κ1) is 13.9. The third-order valence-electron chi connectivity index (χ3n) is 4.75. The molecule has 1 aromatic rings. The van der Waals surface area contributed by atoms with Gasteiger partial charge < -0.3 is 10.1 Å². The Labute approximate surface area is 122 Å². The quantitative estimate of drug-likeness (QED) is 0.800. The van der Waals surface area contributed by atoms with Gasteiger partial charge in [-0.2, -0.15) is 0 Å². The van der Waals surface area contributed by atoms with E-state index >= 15 is 0 Å². The molecule has 1 N–H and O–H groups in total. The molecule has 0 heterocycles. The molecule has 2 heteroatoms. The van der Waals surface area contributed by atoms with Crippen molar-refractivity contribution in [1.82, 2.24) is 5.32 Å². The summed E-state index contributed by atoms with van der Waals surface area (Å²) in [6, 6.07) is 9.31. The van der Waals surface area contributed by atoms with Crippen molar-refractivity contribution in [2.24, 2.45) is 5.92 Å². The second-order valence-corrected chi connectivity index (χ2v) is 6.40. The van der Waals surface area contributed by atoms with Crippen molar-refractivity contribution in [3.8, 4) is 5.75 Å². The summed E-state index contributed by atoms with van der Waals surface area (Å²) in [5.41, 5.74) is 1.42. The summed E-state index contributed by atoms with van der Waals surface area (Å²) >= 11 is 0. The van der Waals surface area contributed by atoms with Gasteiger partial charge in [0.15, 0.2) is 0 Å². The van der Waals surface area contributed by atoms with E-state index in [9.17, 15) is 0 Å². The molecule has 1 atom stereocenters. The molecule has 0 bridgehead atoms. The number of hydrogen-bond donors (Lipinski definition) is 1. The van der Waals surface area contributed by atoms with Gasteiger partial charge in [-0.05, 0) is 56.3 Å². The molecule has 2 fully saturated rings. The first-order valence-electron chi connectivity index (χ1n) is 8.30. The lowest BCUT2D eigenvalue weighted by atomic mass is 9.87. The van der Waals surface area contributed by atoms with Crippen LogP contribution in [0.15, 0.2) is 24.3 Å². The van der Waals surface area contributed by atoms with E-state index in [-0.39, 0.29) is 0 Å². The van der Waals surface area contributed by atoms with E-state index in [4.69, 9.17) is 4.74 Å². The number of hydrogen-bond acceptors (Lipinski definition) is 2. The second kappa shape index (κ2) is 6.62. The van der Waals surface area contributed by atoms with Crippen LogP contribution in [0.2, 0.25) is 0 Å². The lowest BCUT2D eigenvalue weighted by Gasteiger charge is -2.26. The van der Waals surface area contributed by atoms with Gasteiger partial charge in [-0.15, -0.1) is 0 Å². The fourth-order valence-electron chi connectivity index (χ4n) is 3.45. The highest BCUT2D eigenvalue weighted by Gasteiger charge is 2.25. The fourth-order valence-corrected chi connectivity index (χ4v) is 3.45. The topological polar surface area (TPSA) is 21.3 Å². The molecular formula is C18H27NO. The van der Waals surface area contributed by atoms with E-state index in [0.29, 0.717) is 12.1 Å². The van der Waals surface area contributed by atoms with Gasteiger partial charge in [0.2, 0.25) is 0 Å². The zero-order valence-corrected chi connectivity index (χ0v) is 12.6. The van der Waals surface area contributed by atoms with Gasteiger partial charge in [0.05, 0.1) is 6.10 Å². The Balaban J connectivity index is 1.67. The van der Waals surface area contributed by atoms with E-state index in [1.54, 1.807) is 0 Å². The molecule has 1 unspecified atom stereocenters. The zero-order chi connectivity index (χ0) is 13.8. The Hall–Kier alpha value is -1.02. The zero-order valence-electron chi connectivity index (χ0n) is 12.6. The predicted molar refractivity (Wildman–Crippen MR) is 83.1 cm³/mol. The van der Waals surface area contributed by atoms with Crippen molar-refractivity contribution in [3.63, 3.8) is 0 Å². The summed E-state index contributed by atoms with van der Waals surface area (Å²) in [5.74, 6) is 1.82. The van der Waals surface area contributed by atoms with E-state index in [1.807, 2.05) is 0 Å². The van der Waals surface area contributed by atoms with Crippen LogP contribution in [0.5, 0.6) is 5.75 Å². The van der Waals surface area contributed by atoms with Gasteiger partial charge in [0, 0.05) is 6.04 Å². The van der Waals surface area contributed by atoms with Crippen LogP contribution in [-0.2, 0) is 0 Å². The highest BCUT2D eigenvalue weighted by molar-refractivity contribution is 5.30. The average molecular weight is 273 g/mol. The minimum atomic E-state index is 0.489.